The Labute approximate surface area is 112 Å². The van der Waals surface area contributed by atoms with Crippen LogP contribution in [0.5, 0.6) is 0 Å². The zero-order chi connectivity index (χ0) is 12.4. The van der Waals surface area contributed by atoms with Gasteiger partial charge in [0.25, 0.3) is 0 Å². The van der Waals surface area contributed by atoms with Gasteiger partial charge < -0.3 is 14.8 Å². The van der Waals surface area contributed by atoms with Crippen LogP contribution in [0.3, 0.4) is 0 Å². The second-order valence-corrected chi connectivity index (χ2v) is 5.26. The summed E-state index contributed by atoms with van der Waals surface area (Å²) >= 11 is 5.87. The van der Waals surface area contributed by atoms with Crippen LogP contribution in [-0.2, 0) is 9.47 Å². The molecule has 2 aliphatic rings. The first-order valence-electron chi connectivity index (χ1n) is 6.43. The summed E-state index contributed by atoms with van der Waals surface area (Å²) < 4.78 is 11.4. The summed E-state index contributed by atoms with van der Waals surface area (Å²) in [4.78, 5) is 4.25. The van der Waals surface area contributed by atoms with Crippen molar-refractivity contribution in [1.29, 1.82) is 0 Å². The second-order valence-electron chi connectivity index (χ2n) is 4.87. The molecule has 0 radical (unpaired) electrons. The van der Waals surface area contributed by atoms with Crippen molar-refractivity contribution in [1.82, 2.24) is 4.98 Å². The van der Waals surface area contributed by atoms with Gasteiger partial charge in [-0.25, -0.2) is 4.98 Å². The quantitative estimate of drug-likeness (QED) is 0.838. The Hall–Kier alpha value is -0.840. The minimum absolute atomic E-state index is 0.292. The topological polar surface area (TPSA) is 43.4 Å². The van der Waals surface area contributed by atoms with Gasteiger partial charge in [-0.1, -0.05) is 17.7 Å². The third kappa shape index (κ3) is 2.60. The highest BCUT2D eigenvalue weighted by Crippen LogP contribution is 2.36. The van der Waals surface area contributed by atoms with Crippen molar-refractivity contribution < 1.29 is 9.47 Å². The summed E-state index contributed by atoms with van der Waals surface area (Å²) in [5.41, 5.74) is 0. The minimum Gasteiger partial charge on any atom is -0.367 e. The van der Waals surface area contributed by atoms with E-state index in [9.17, 15) is 0 Å². The normalized spacial score (nSPS) is 23.4. The molecule has 1 spiro atoms. The number of rotatable bonds is 2. The highest BCUT2D eigenvalue weighted by Gasteiger charge is 2.40. The maximum absolute atomic E-state index is 5.87. The van der Waals surface area contributed by atoms with Gasteiger partial charge in [-0.3, -0.25) is 0 Å². The van der Waals surface area contributed by atoms with Gasteiger partial charge in [-0.2, -0.15) is 0 Å². The van der Waals surface area contributed by atoms with Gasteiger partial charge in [0.1, 0.15) is 11.0 Å². The average molecular weight is 269 g/mol. The Morgan fingerprint density at radius 3 is 2.61 bits per heavy atom. The fourth-order valence-corrected chi connectivity index (χ4v) is 2.85. The largest absolute Gasteiger partial charge is 0.367 e. The lowest BCUT2D eigenvalue weighted by Crippen LogP contribution is -2.39. The van der Waals surface area contributed by atoms with Crippen LogP contribution in [0.2, 0.25) is 5.15 Å². The van der Waals surface area contributed by atoms with Crippen molar-refractivity contribution in [2.75, 3.05) is 18.5 Å². The van der Waals surface area contributed by atoms with E-state index in [-0.39, 0.29) is 5.79 Å². The predicted octanol–water partition coefficient (Wildman–Crippen LogP) is 2.83. The fourth-order valence-electron chi connectivity index (χ4n) is 2.69. The van der Waals surface area contributed by atoms with Crippen molar-refractivity contribution in [2.24, 2.45) is 0 Å². The lowest BCUT2D eigenvalue weighted by atomic mass is 9.90. The van der Waals surface area contributed by atoms with E-state index in [4.69, 9.17) is 21.1 Å². The summed E-state index contributed by atoms with van der Waals surface area (Å²) in [5.74, 6) is 0.552. The monoisotopic (exact) mass is 268 g/mol. The molecule has 0 aromatic carbocycles. The zero-order valence-corrected chi connectivity index (χ0v) is 10.9. The van der Waals surface area contributed by atoms with Gasteiger partial charge in [0.15, 0.2) is 5.79 Å². The first-order chi connectivity index (χ1) is 8.76. The average Bonchev–Trinajstić information content (AvgIpc) is 2.81. The van der Waals surface area contributed by atoms with Crippen molar-refractivity contribution in [3.8, 4) is 0 Å². The van der Waals surface area contributed by atoms with Crippen LogP contribution in [0.1, 0.15) is 25.7 Å². The Balaban J connectivity index is 1.57. The zero-order valence-electron chi connectivity index (χ0n) is 10.2. The Morgan fingerprint density at radius 1 is 1.22 bits per heavy atom. The second kappa shape index (κ2) is 5.03. The number of nitrogens with one attached hydrogen (secondary N) is 1. The van der Waals surface area contributed by atoms with Crippen LogP contribution in [0, 0.1) is 0 Å². The van der Waals surface area contributed by atoms with Crippen molar-refractivity contribution >= 4 is 17.4 Å². The van der Waals surface area contributed by atoms with Crippen molar-refractivity contribution in [2.45, 2.75) is 37.5 Å². The number of hydrogen-bond acceptors (Lipinski definition) is 4. The molecule has 18 heavy (non-hydrogen) atoms. The molecule has 1 N–H and O–H groups in total. The van der Waals surface area contributed by atoms with Gasteiger partial charge in [0, 0.05) is 18.9 Å². The third-order valence-electron chi connectivity index (χ3n) is 3.63. The third-order valence-corrected chi connectivity index (χ3v) is 3.84. The van der Waals surface area contributed by atoms with Crippen molar-refractivity contribution in [3.05, 3.63) is 23.4 Å². The maximum Gasteiger partial charge on any atom is 0.168 e. The summed E-state index contributed by atoms with van der Waals surface area (Å²) in [6.07, 6.45) is 3.97. The van der Waals surface area contributed by atoms with E-state index in [0.29, 0.717) is 11.2 Å². The lowest BCUT2D eigenvalue weighted by molar-refractivity contribution is -0.177. The molecule has 1 saturated heterocycles. The molecule has 3 rings (SSSR count). The maximum atomic E-state index is 5.87. The standard InChI is InChI=1S/C13H17ClN2O2/c14-11-2-1-3-12(16-11)15-10-4-6-13(7-5-10)17-8-9-18-13/h1-3,10H,4-9H2,(H,15,16). The van der Waals surface area contributed by atoms with Crippen molar-refractivity contribution in [3.63, 3.8) is 0 Å². The molecule has 4 nitrogen and oxygen atoms in total. The van der Waals surface area contributed by atoms with E-state index in [2.05, 4.69) is 10.3 Å². The van der Waals surface area contributed by atoms with Crippen LogP contribution in [0.25, 0.3) is 0 Å². The van der Waals surface area contributed by atoms with Crippen LogP contribution in [-0.4, -0.2) is 30.0 Å². The van der Waals surface area contributed by atoms with E-state index in [1.54, 1.807) is 6.07 Å². The SMILES string of the molecule is Clc1cccc(NC2CCC3(CC2)OCCO3)n1. The number of nitrogens with zero attached hydrogens (tertiary/aromatic N) is 1. The molecule has 0 bridgehead atoms. The molecule has 0 unspecified atom stereocenters. The minimum atomic E-state index is -0.292. The number of aromatic nitrogens is 1. The van der Waals surface area contributed by atoms with Gasteiger partial charge in [-0.05, 0) is 25.0 Å². The predicted molar refractivity (Wildman–Crippen MR) is 69.8 cm³/mol. The summed E-state index contributed by atoms with van der Waals surface area (Å²) in [5, 5.41) is 3.94. The highest BCUT2D eigenvalue weighted by atomic mass is 35.5. The Morgan fingerprint density at radius 2 is 1.94 bits per heavy atom. The molecule has 0 amide bonds. The number of pyridine rings is 1. The molecule has 1 aromatic rings. The van der Waals surface area contributed by atoms with E-state index in [1.165, 1.54) is 0 Å². The molecule has 1 aromatic heterocycles. The van der Waals surface area contributed by atoms with E-state index in [1.807, 2.05) is 12.1 Å². The molecule has 0 atom stereocenters. The lowest BCUT2D eigenvalue weighted by Gasteiger charge is -2.35. The van der Waals surface area contributed by atoms with E-state index in [0.717, 1.165) is 44.7 Å². The Kier molecular flexibility index (Phi) is 3.41. The number of halogens is 1. The Bertz CT molecular complexity index is 411. The first-order valence-corrected chi connectivity index (χ1v) is 6.81. The van der Waals surface area contributed by atoms with Crippen LogP contribution in [0.4, 0.5) is 5.82 Å². The molecule has 2 fully saturated rings. The van der Waals surface area contributed by atoms with E-state index >= 15 is 0 Å². The molecule has 98 valence electrons. The summed E-state index contributed by atoms with van der Waals surface area (Å²) in [6.45, 7) is 1.46. The molecule has 2 heterocycles. The van der Waals surface area contributed by atoms with E-state index < -0.39 is 0 Å². The number of anilines is 1. The molecule has 1 aliphatic heterocycles. The van der Waals surface area contributed by atoms with Gasteiger partial charge in [-0.15, -0.1) is 0 Å². The molecular formula is C13H17ClN2O2. The van der Waals surface area contributed by atoms with Gasteiger partial charge in [0.2, 0.25) is 0 Å². The highest BCUT2D eigenvalue weighted by molar-refractivity contribution is 6.29. The molecular weight excluding hydrogens is 252 g/mol. The number of ether oxygens (including phenoxy) is 2. The molecule has 5 heteroatoms. The first kappa shape index (κ1) is 12.2. The van der Waals surface area contributed by atoms with Gasteiger partial charge in [0.05, 0.1) is 13.2 Å². The molecule has 1 saturated carbocycles. The fraction of sp³-hybridized carbons (Fsp3) is 0.615. The molecule has 1 aliphatic carbocycles. The van der Waals surface area contributed by atoms with Crippen LogP contribution >= 0.6 is 11.6 Å². The summed E-state index contributed by atoms with van der Waals surface area (Å²) in [7, 11) is 0. The smallest absolute Gasteiger partial charge is 0.168 e. The van der Waals surface area contributed by atoms with Gasteiger partial charge >= 0.3 is 0 Å². The summed E-state index contributed by atoms with van der Waals surface area (Å²) in [6, 6.07) is 6.06. The van der Waals surface area contributed by atoms with Crippen LogP contribution < -0.4 is 5.32 Å². The van der Waals surface area contributed by atoms with Crippen LogP contribution in [0.15, 0.2) is 18.2 Å². The number of hydrogen-bond donors (Lipinski definition) is 1.